The number of ether oxygens (including phenoxy) is 2. The van der Waals surface area contributed by atoms with Crippen LogP contribution >= 0.6 is 11.6 Å². The molecule has 1 aromatic rings. The van der Waals surface area contributed by atoms with E-state index < -0.39 is 0 Å². The van der Waals surface area contributed by atoms with Gasteiger partial charge in [-0.1, -0.05) is 18.5 Å². The molecule has 0 radical (unpaired) electrons. The van der Waals surface area contributed by atoms with E-state index in [-0.39, 0.29) is 0 Å². The Morgan fingerprint density at radius 2 is 1.89 bits per heavy atom. The van der Waals surface area contributed by atoms with Gasteiger partial charge in [-0.15, -0.1) is 0 Å². The number of nitrogens with two attached hydrogens (primary N) is 1. The molecule has 0 saturated heterocycles. The molecule has 0 aromatic heterocycles. The molecule has 0 aliphatic carbocycles. The van der Waals surface area contributed by atoms with Gasteiger partial charge < -0.3 is 15.2 Å². The Morgan fingerprint density at radius 3 is 2.58 bits per heavy atom. The van der Waals surface area contributed by atoms with E-state index in [0.29, 0.717) is 19.1 Å². The van der Waals surface area contributed by atoms with Gasteiger partial charge in [-0.05, 0) is 43.4 Å². The summed E-state index contributed by atoms with van der Waals surface area (Å²) in [5.41, 5.74) is 6.71. The van der Waals surface area contributed by atoms with Crippen LogP contribution < -0.4 is 15.2 Å². The van der Waals surface area contributed by atoms with Gasteiger partial charge in [-0.3, -0.25) is 0 Å². The van der Waals surface area contributed by atoms with Gasteiger partial charge in [0.1, 0.15) is 0 Å². The highest BCUT2D eigenvalue weighted by Crippen LogP contribution is 2.35. The molecule has 0 bridgehead atoms. The monoisotopic (exact) mass is 283 g/mol. The predicted molar refractivity (Wildman–Crippen MR) is 78.2 cm³/mol. The third-order valence-electron chi connectivity index (χ3n) is 3.48. The summed E-state index contributed by atoms with van der Waals surface area (Å²) < 4.78 is 11.3. The smallest absolute Gasteiger partial charge is 0.162 e. The fraction of sp³-hybridized carbons (Fsp3) is 0.600. The first-order valence-electron chi connectivity index (χ1n) is 6.98. The number of benzene rings is 1. The van der Waals surface area contributed by atoms with Gasteiger partial charge in [-0.25, -0.2) is 0 Å². The van der Waals surface area contributed by atoms with Gasteiger partial charge in [-0.2, -0.15) is 0 Å². The van der Waals surface area contributed by atoms with Crippen molar-refractivity contribution < 1.29 is 9.47 Å². The molecule has 2 rings (SSSR count). The molecular weight excluding hydrogens is 262 g/mol. The van der Waals surface area contributed by atoms with Crippen LogP contribution in [0.15, 0.2) is 12.1 Å². The maximum Gasteiger partial charge on any atom is 0.162 e. The van der Waals surface area contributed by atoms with Crippen LogP contribution in [0, 0.1) is 5.92 Å². The second kappa shape index (κ2) is 7.01. The highest BCUT2D eigenvalue weighted by atomic mass is 35.5. The van der Waals surface area contributed by atoms with Crippen molar-refractivity contribution >= 4 is 11.6 Å². The number of halogens is 1. The Labute approximate surface area is 120 Å². The molecule has 0 spiro atoms. The zero-order valence-corrected chi connectivity index (χ0v) is 12.2. The third kappa shape index (κ3) is 4.02. The number of hydrogen-bond donors (Lipinski definition) is 1. The minimum atomic E-state index is 0.622. The van der Waals surface area contributed by atoms with Crippen LogP contribution in [0.3, 0.4) is 0 Å². The molecular formula is C15H22ClNO2. The predicted octanol–water partition coefficient (Wildman–Crippen LogP) is 3.42. The molecule has 1 unspecified atom stereocenters. The van der Waals surface area contributed by atoms with Crippen molar-refractivity contribution in [3.8, 4) is 11.5 Å². The first-order chi connectivity index (χ1) is 9.20. The summed E-state index contributed by atoms with van der Waals surface area (Å²) in [6.45, 7) is 4.37. The van der Waals surface area contributed by atoms with Crippen LogP contribution in [0.4, 0.5) is 0 Å². The summed E-state index contributed by atoms with van der Waals surface area (Å²) in [5, 5.41) is 0.768. The van der Waals surface area contributed by atoms with Crippen LogP contribution in [0.2, 0.25) is 5.02 Å². The number of fused-ring (bicyclic) bond motifs is 1. The Bertz CT molecular complexity index is 423. The molecule has 1 aliphatic heterocycles. The van der Waals surface area contributed by atoms with Crippen LogP contribution in [0.25, 0.3) is 0 Å². The number of aryl methyl sites for hydroxylation is 1. The second-order valence-corrected chi connectivity index (χ2v) is 5.57. The van der Waals surface area contributed by atoms with Crippen molar-refractivity contribution in [2.24, 2.45) is 11.7 Å². The molecule has 3 nitrogen and oxygen atoms in total. The van der Waals surface area contributed by atoms with E-state index in [1.165, 1.54) is 0 Å². The van der Waals surface area contributed by atoms with Gasteiger partial charge >= 0.3 is 0 Å². The molecule has 4 heteroatoms. The first-order valence-corrected chi connectivity index (χ1v) is 7.36. The van der Waals surface area contributed by atoms with E-state index in [2.05, 4.69) is 6.92 Å². The lowest BCUT2D eigenvalue weighted by Crippen LogP contribution is -2.06. The van der Waals surface area contributed by atoms with Crippen LogP contribution in [-0.4, -0.2) is 19.8 Å². The standard InChI is InChI=1S/C15H22ClNO2/c1-11(5-6-17)3-4-12-9-14-15(10-13(12)16)19-8-2-7-18-14/h9-11H,2-8,17H2,1H3. The maximum absolute atomic E-state index is 6.31. The summed E-state index contributed by atoms with van der Waals surface area (Å²) in [6.07, 6.45) is 4.02. The lowest BCUT2D eigenvalue weighted by atomic mass is 9.98. The largest absolute Gasteiger partial charge is 0.490 e. The van der Waals surface area contributed by atoms with E-state index in [4.69, 9.17) is 26.8 Å². The molecule has 1 heterocycles. The summed E-state index contributed by atoms with van der Waals surface area (Å²) in [5.74, 6) is 2.21. The van der Waals surface area contributed by atoms with Crippen molar-refractivity contribution in [3.63, 3.8) is 0 Å². The third-order valence-corrected chi connectivity index (χ3v) is 3.83. The van der Waals surface area contributed by atoms with E-state index >= 15 is 0 Å². The van der Waals surface area contributed by atoms with Gasteiger partial charge in [0.25, 0.3) is 0 Å². The summed E-state index contributed by atoms with van der Waals surface area (Å²) in [6, 6.07) is 3.91. The molecule has 0 saturated carbocycles. The number of rotatable bonds is 5. The molecule has 0 amide bonds. The van der Waals surface area contributed by atoms with Crippen molar-refractivity contribution in [1.29, 1.82) is 0 Å². The average molecular weight is 284 g/mol. The van der Waals surface area contributed by atoms with Crippen LogP contribution in [0.5, 0.6) is 11.5 Å². The minimum absolute atomic E-state index is 0.622. The molecule has 19 heavy (non-hydrogen) atoms. The lowest BCUT2D eigenvalue weighted by Gasteiger charge is -2.13. The van der Waals surface area contributed by atoms with Crippen molar-refractivity contribution in [2.75, 3.05) is 19.8 Å². The maximum atomic E-state index is 6.31. The quantitative estimate of drug-likeness (QED) is 0.900. The van der Waals surface area contributed by atoms with Gasteiger partial charge in [0.15, 0.2) is 11.5 Å². The topological polar surface area (TPSA) is 44.5 Å². The number of hydrogen-bond acceptors (Lipinski definition) is 3. The SMILES string of the molecule is CC(CCN)CCc1cc2c(cc1Cl)OCCCO2. The Balaban J connectivity index is 2.06. The minimum Gasteiger partial charge on any atom is -0.490 e. The fourth-order valence-corrected chi connectivity index (χ4v) is 2.50. The van der Waals surface area contributed by atoms with E-state index in [9.17, 15) is 0 Å². The van der Waals surface area contributed by atoms with Crippen molar-refractivity contribution in [1.82, 2.24) is 0 Å². The molecule has 1 aromatic carbocycles. The zero-order chi connectivity index (χ0) is 13.7. The Hall–Kier alpha value is -0.930. The molecule has 2 N–H and O–H groups in total. The van der Waals surface area contributed by atoms with Crippen molar-refractivity contribution in [2.45, 2.75) is 32.6 Å². The average Bonchev–Trinajstić information content (AvgIpc) is 2.61. The van der Waals surface area contributed by atoms with Gasteiger partial charge in [0, 0.05) is 17.5 Å². The fourth-order valence-electron chi connectivity index (χ4n) is 2.25. The Kier molecular flexibility index (Phi) is 5.34. The van der Waals surface area contributed by atoms with E-state index in [0.717, 1.165) is 54.3 Å². The summed E-state index contributed by atoms with van der Waals surface area (Å²) in [7, 11) is 0. The summed E-state index contributed by atoms with van der Waals surface area (Å²) in [4.78, 5) is 0. The zero-order valence-electron chi connectivity index (χ0n) is 11.5. The highest BCUT2D eigenvalue weighted by molar-refractivity contribution is 6.31. The summed E-state index contributed by atoms with van der Waals surface area (Å²) >= 11 is 6.31. The normalized spacial score (nSPS) is 15.9. The van der Waals surface area contributed by atoms with Gasteiger partial charge in [0.2, 0.25) is 0 Å². The van der Waals surface area contributed by atoms with Crippen LogP contribution in [-0.2, 0) is 6.42 Å². The van der Waals surface area contributed by atoms with E-state index in [1.807, 2.05) is 12.1 Å². The van der Waals surface area contributed by atoms with Crippen LogP contribution in [0.1, 0.15) is 31.7 Å². The Morgan fingerprint density at radius 1 is 1.21 bits per heavy atom. The lowest BCUT2D eigenvalue weighted by molar-refractivity contribution is 0.297. The molecule has 1 aliphatic rings. The van der Waals surface area contributed by atoms with E-state index in [1.54, 1.807) is 0 Å². The highest BCUT2D eigenvalue weighted by Gasteiger charge is 2.14. The molecule has 1 atom stereocenters. The molecule has 0 fully saturated rings. The van der Waals surface area contributed by atoms with Gasteiger partial charge in [0.05, 0.1) is 13.2 Å². The molecule has 106 valence electrons. The first kappa shape index (κ1) is 14.5. The second-order valence-electron chi connectivity index (χ2n) is 5.16. The van der Waals surface area contributed by atoms with Crippen molar-refractivity contribution in [3.05, 3.63) is 22.7 Å².